The van der Waals surface area contributed by atoms with Gasteiger partial charge in [0.15, 0.2) is 0 Å². The van der Waals surface area contributed by atoms with Crippen molar-refractivity contribution in [3.63, 3.8) is 0 Å². The third-order valence-electron chi connectivity index (χ3n) is 3.78. The molecule has 1 aliphatic heterocycles. The van der Waals surface area contributed by atoms with Crippen molar-refractivity contribution in [1.82, 2.24) is 14.8 Å². The standard InChI is InChI=1S/C16H18FN3OS/c1-12-18-15(11-22-12)10-19-5-7-20(8-6-19)16(21)13-3-2-4-14(17)9-13/h2-4,9,11H,5-8,10H2,1H3. The van der Waals surface area contributed by atoms with Crippen LogP contribution in [0.5, 0.6) is 0 Å². The number of carbonyl (C=O) groups excluding carboxylic acids is 1. The van der Waals surface area contributed by atoms with Gasteiger partial charge in [-0.1, -0.05) is 6.07 Å². The molecule has 1 aliphatic rings. The fourth-order valence-corrected chi connectivity index (χ4v) is 3.23. The van der Waals surface area contributed by atoms with Gasteiger partial charge < -0.3 is 4.90 Å². The summed E-state index contributed by atoms with van der Waals surface area (Å²) in [6.07, 6.45) is 0. The Kier molecular flexibility index (Phi) is 4.49. The summed E-state index contributed by atoms with van der Waals surface area (Å²) in [6, 6.07) is 5.89. The molecule has 1 aromatic heterocycles. The highest BCUT2D eigenvalue weighted by atomic mass is 32.1. The Balaban J connectivity index is 1.56. The Labute approximate surface area is 133 Å². The van der Waals surface area contributed by atoms with E-state index in [0.717, 1.165) is 30.3 Å². The minimum Gasteiger partial charge on any atom is -0.336 e. The summed E-state index contributed by atoms with van der Waals surface area (Å²) in [6.45, 7) is 5.79. The van der Waals surface area contributed by atoms with Crippen molar-refractivity contribution in [1.29, 1.82) is 0 Å². The zero-order chi connectivity index (χ0) is 15.5. The topological polar surface area (TPSA) is 36.4 Å². The molecule has 0 bridgehead atoms. The fourth-order valence-electron chi connectivity index (χ4n) is 2.62. The van der Waals surface area contributed by atoms with Gasteiger partial charge in [-0.25, -0.2) is 9.37 Å². The van der Waals surface area contributed by atoms with Gasteiger partial charge in [0.2, 0.25) is 0 Å². The largest absolute Gasteiger partial charge is 0.336 e. The summed E-state index contributed by atoms with van der Waals surface area (Å²) in [7, 11) is 0. The number of piperazine rings is 1. The van der Waals surface area contributed by atoms with E-state index in [2.05, 4.69) is 15.3 Å². The summed E-state index contributed by atoms with van der Waals surface area (Å²) in [5, 5.41) is 3.16. The lowest BCUT2D eigenvalue weighted by Gasteiger charge is -2.34. The molecule has 2 heterocycles. The van der Waals surface area contributed by atoms with E-state index < -0.39 is 0 Å². The number of hydrogen-bond acceptors (Lipinski definition) is 4. The van der Waals surface area contributed by atoms with Crippen LogP contribution in [0.15, 0.2) is 29.6 Å². The highest BCUT2D eigenvalue weighted by molar-refractivity contribution is 7.09. The van der Waals surface area contributed by atoms with Crippen molar-refractivity contribution in [2.75, 3.05) is 26.2 Å². The average molecular weight is 319 g/mol. The smallest absolute Gasteiger partial charge is 0.254 e. The van der Waals surface area contributed by atoms with Crippen LogP contribution >= 0.6 is 11.3 Å². The summed E-state index contributed by atoms with van der Waals surface area (Å²) in [4.78, 5) is 20.9. The molecule has 4 nitrogen and oxygen atoms in total. The number of aryl methyl sites for hydroxylation is 1. The second kappa shape index (κ2) is 6.54. The first-order chi connectivity index (χ1) is 10.6. The van der Waals surface area contributed by atoms with Crippen LogP contribution in [0.1, 0.15) is 21.1 Å². The van der Waals surface area contributed by atoms with Crippen LogP contribution in [0.2, 0.25) is 0 Å². The number of benzene rings is 1. The third-order valence-corrected chi connectivity index (χ3v) is 4.61. The molecule has 0 N–H and O–H groups in total. The number of thiazole rings is 1. The molecule has 22 heavy (non-hydrogen) atoms. The van der Waals surface area contributed by atoms with E-state index in [0.29, 0.717) is 18.7 Å². The van der Waals surface area contributed by atoms with Crippen molar-refractivity contribution in [3.8, 4) is 0 Å². The van der Waals surface area contributed by atoms with Crippen molar-refractivity contribution >= 4 is 17.2 Å². The summed E-state index contributed by atoms with van der Waals surface area (Å²) >= 11 is 1.66. The van der Waals surface area contributed by atoms with E-state index in [9.17, 15) is 9.18 Å². The number of amides is 1. The number of nitrogens with zero attached hydrogens (tertiary/aromatic N) is 3. The quantitative estimate of drug-likeness (QED) is 0.872. The maximum absolute atomic E-state index is 13.2. The lowest BCUT2D eigenvalue weighted by molar-refractivity contribution is 0.0627. The minimum absolute atomic E-state index is 0.0938. The Morgan fingerprint density at radius 3 is 2.73 bits per heavy atom. The molecule has 0 radical (unpaired) electrons. The molecule has 0 spiro atoms. The molecular formula is C16H18FN3OS. The zero-order valence-electron chi connectivity index (χ0n) is 12.5. The summed E-state index contributed by atoms with van der Waals surface area (Å²) in [5.41, 5.74) is 1.51. The molecule has 116 valence electrons. The maximum atomic E-state index is 13.2. The Morgan fingerprint density at radius 2 is 2.09 bits per heavy atom. The average Bonchev–Trinajstić information content (AvgIpc) is 2.92. The fraction of sp³-hybridized carbons (Fsp3) is 0.375. The van der Waals surface area contributed by atoms with Gasteiger partial charge in [0.25, 0.3) is 5.91 Å². The second-order valence-electron chi connectivity index (χ2n) is 5.44. The number of rotatable bonds is 3. The van der Waals surface area contributed by atoms with Crippen molar-refractivity contribution < 1.29 is 9.18 Å². The van der Waals surface area contributed by atoms with Gasteiger partial charge in [0.1, 0.15) is 5.82 Å². The van der Waals surface area contributed by atoms with Gasteiger partial charge in [0, 0.05) is 43.7 Å². The molecule has 0 aliphatic carbocycles. The first-order valence-electron chi connectivity index (χ1n) is 7.30. The molecule has 0 unspecified atom stereocenters. The van der Waals surface area contributed by atoms with Gasteiger partial charge in [-0.05, 0) is 25.1 Å². The first-order valence-corrected chi connectivity index (χ1v) is 8.18. The highest BCUT2D eigenvalue weighted by Gasteiger charge is 2.22. The predicted molar refractivity (Wildman–Crippen MR) is 84.4 cm³/mol. The van der Waals surface area contributed by atoms with Gasteiger partial charge in [-0.3, -0.25) is 9.69 Å². The minimum atomic E-state index is -0.372. The van der Waals surface area contributed by atoms with E-state index in [1.807, 2.05) is 6.92 Å². The molecule has 1 amide bonds. The zero-order valence-corrected chi connectivity index (χ0v) is 13.3. The third kappa shape index (κ3) is 3.51. The Bertz CT molecular complexity index is 665. The van der Waals surface area contributed by atoms with Crippen molar-refractivity contribution in [2.45, 2.75) is 13.5 Å². The lowest BCUT2D eigenvalue weighted by atomic mass is 10.1. The molecule has 1 fully saturated rings. The summed E-state index contributed by atoms with van der Waals surface area (Å²) in [5.74, 6) is -0.466. The Hall–Kier alpha value is -1.79. The predicted octanol–water partition coefficient (Wildman–Crippen LogP) is 2.55. The Morgan fingerprint density at radius 1 is 1.32 bits per heavy atom. The van der Waals surface area contributed by atoms with Crippen LogP contribution in [-0.4, -0.2) is 46.9 Å². The van der Waals surface area contributed by atoms with E-state index in [4.69, 9.17) is 0 Å². The molecule has 0 atom stereocenters. The highest BCUT2D eigenvalue weighted by Crippen LogP contribution is 2.14. The summed E-state index contributed by atoms with van der Waals surface area (Å²) < 4.78 is 13.2. The van der Waals surface area contributed by atoms with Gasteiger partial charge in [0.05, 0.1) is 10.7 Å². The monoisotopic (exact) mass is 319 g/mol. The van der Waals surface area contributed by atoms with Crippen LogP contribution < -0.4 is 0 Å². The van der Waals surface area contributed by atoms with Crippen LogP contribution in [-0.2, 0) is 6.54 Å². The van der Waals surface area contributed by atoms with Crippen LogP contribution in [0.25, 0.3) is 0 Å². The van der Waals surface area contributed by atoms with Crippen LogP contribution in [0, 0.1) is 12.7 Å². The second-order valence-corrected chi connectivity index (χ2v) is 6.50. The maximum Gasteiger partial charge on any atom is 0.254 e. The lowest BCUT2D eigenvalue weighted by Crippen LogP contribution is -2.48. The van der Waals surface area contributed by atoms with E-state index in [1.165, 1.54) is 12.1 Å². The molecule has 6 heteroatoms. The number of carbonyl (C=O) groups is 1. The van der Waals surface area contributed by atoms with E-state index >= 15 is 0 Å². The van der Waals surface area contributed by atoms with Crippen LogP contribution in [0.4, 0.5) is 4.39 Å². The first kappa shape index (κ1) is 15.1. The van der Waals surface area contributed by atoms with Gasteiger partial charge in [-0.2, -0.15) is 0 Å². The van der Waals surface area contributed by atoms with E-state index in [-0.39, 0.29) is 11.7 Å². The molecule has 2 aromatic rings. The molecule has 0 saturated carbocycles. The van der Waals surface area contributed by atoms with Gasteiger partial charge >= 0.3 is 0 Å². The molecule has 1 aromatic carbocycles. The van der Waals surface area contributed by atoms with Gasteiger partial charge in [-0.15, -0.1) is 11.3 Å². The number of aromatic nitrogens is 1. The van der Waals surface area contributed by atoms with Crippen LogP contribution in [0.3, 0.4) is 0 Å². The van der Waals surface area contributed by atoms with Crippen molar-refractivity contribution in [3.05, 3.63) is 51.7 Å². The van der Waals surface area contributed by atoms with E-state index in [1.54, 1.807) is 28.4 Å². The molecule has 1 saturated heterocycles. The molecular weight excluding hydrogens is 301 g/mol. The number of hydrogen-bond donors (Lipinski definition) is 0. The number of halogens is 1. The van der Waals surface area contributed by atoms with Crippen molar-refractivity contribution in [2.24, 2.45) is 0 Å². The molecule has 3 rings (SSSR count). The SMILES string of the molecule is Cc1nc(CN2CCN(C(=O)c3cccc(F)c3)CC2)cs1. The normalized spacial score (nSPS) is 16.0.